The quantitative estimate of drug-likeness (QED) is 0.810. The van der Waals surface area contributed by atoms with Crippen molar-refractivity contribution in [2.45, 2.75) is 25.8 Å². The lowest BCUT2D eigenvalue weighted by atomic mass is 10.0. The lowest BCUT2D eigenvalue weighted by Crippen LogP contribution is -2.39. The van der Waals surface area contributed by atoms with Gasteiger partial charge in [-0.25, -0.2) is 4.79 Å². The number of likely N-dealkylation sites (tertiary alicyclic amines) is 1. The van der Waals surface area contributed by atoms with Crippen LogP contribution >= 0.6 is 0 Å². The van der Waals surface area contributed by atoms with E-state index in [0.717, 1.165) is 18.4 Å². The van der Waals surface area contributed by atoms with Crippen LogP contribution < -0.4 is 0 Å². The third kappa shape index (κ3) is 3.48. The highest BCUT2D eigenvalue weighted by molar-refractivity contribution is 5.94. The second kappa shape index (κ2) is 7.29. The number of ether oxygens (including phenoxy) is 1. The molecule has 0 bridgehead atoms. The molecule has 1 aromatic heterocycles. The fraction of sp³-hybridized carbons (Fsp3) is 0.389. The number of hydrogen-bond acceptors (Lipinski definition) is 4. The predicted molar refractivity (Wildman–Crippen MR) is 88.8 cm³/mol. The molecule has 0 radical (unpaired) electrons. The lowest BCUT2D eigenvalue weighted by molar-refractivity contribution is 0.0526. The van der Waals surface area contributed by atoms with Crippen LogP contribution in [0.15, 0.2) is 42.7 Å². The van der Waals surface area contributed by atoms with Crippen LogP contribution in [0.2, 0.25) is 0 Å². The zero-order valence-corrected chi connectivity index (χ0v) is 13.7. The monoisotopic (exact) mass is 327 g/mol. The second-order valence-corrected chi connectivity index (χ2v) is 5.82. The van der Waals surface area contributed by atoms with Gasteiger partial charge < -0.3 is 9.64 Å². The predicted octanol–water partition coefficient (Wildman–Crippen LogP) is 2.54. The first-order valence-corrected chi connectivity index (χ1v) is 8.24. The summed E-state index contributed by atoms with van der Waals surface area (Å²) in [6, 6.07) is 9.54. The summed E-state index contributed by atoms with van der Waals surface area (Å²) in [6.07, 6.45) is 4.92. The molecule has 1 aromatic carbocycles. The Morgan fingerprint density at radius 1 is 1.17 bits per heavy atom. The molecule has 0 N–H and O–H groups in total. The summed E-state index contributed by atoms with van der Waals surface area (Å²) >= 11 is 0. The molecule has 0 saturated carbocycles. The third-order valence-electron chi connectivity index (χ3n) is 4.26. The summed E-state index contributed by atoms with van der Waals surface area (Å²) < 4.78 is 6.80. The average Bonchev–Trinajstić information content (AvgIpc) is 3.12. The Morgan fingerprint density at radius 3 is 2.54 bits per heavy atom. The van der Waals surface area contributed by atoms with Crippen LogP contribution in [0.3, 0.4) is 0 Å². The molecular weight excluding hydrogens is 306 g/mol. The van der Waals surface area contributed by atoms with E-state index in [1.807, 2.05) is 39.9 Å². The fourth-order valence-corrected chi connectivity index (χ4v) is 2.95. The van der Waals surface area contributed by atoms with E-state index in [1.54, 1.807) is 19.3 Å². The van der Waals surface area contributed by atoms with Crippen molar-refractivity contribution in [3.63, 3.8) is 0 Å². The molecule has 2 heterocycles. The van der Waals surface area contributed by atoms with Crippen LogP contribution in [0, 0.1) is 0 Å². The molecule has 0 aliphatic carbocycles. The zero-order chi connectivity index (χ0) is 16.9. The Kier molecular flexibility index (Phi) is 4.93. The molecule has 1 aliphatic heterocycles. The Morgan fingerprint density at radius 2 is 1.88 bits per heavy atom. The molecule has 3 rings (SSSR count). The number of amides is 1. The Labute approximate surface area is 141 Å². The van der Waals surface area contributed by atoms with Gasteiger partial charge in [-0.05, 0) is 31.9 Å². The summed E-state index contributed by atoms with van der Waals surface area (Å²) in [5.74, 6) is -0.276. The van der Waals surface area contributed by atoms with E-state index in [9.17, 15) is 9.59 Å². The second-order valence-electron chi connectivity index (χ2n) is 5.82. The maximum absolute atomic E-state index is 12.5. The summed E-state index contributed by atoms with van der Waals surface area (Å²) in [5, 5.41) is 4.28. The number of esters is 1. The van der Waals surface area contributed by atoms with Crippen molar-refractivity contribution < 1.29 is 14.3 Å². The number of carbonyl (C=O) groups excluding carboxylic acids is 2. The first-order valence-electron chi connectivity index (χ1n) is 8.24. The fourth-order valence-electron chi connectivity index (χ4n) is 2.95. The number of piperidine rings is 1. The van der Waals surface area contributed by atoms with Crippen molar-refractivity contribution in [3.8, 4) is 0 Å². The van der Waals surface area contributed by atoms with Crippen molar-refractivity contribution in [1.82, 2.24) is 14.7 Å². The van der Waals surface area contributed by atoms with E-state index in [-0.39, 0.29) is 17.9 Å². The molecule has 1 aliphatic rings. The highest BCUT2D eigenvalue weighted by Gasteiger charge is 2.25. The summed E-state index contributed by atoms with van der Waals surface area (Å²) in [7, 11) is 0. The SMILES string of the molecule is CCOC(=O)c1cnn(C2CCN(C(=O)c3ccccc3)CC2)c1. The van der Waals surface area contributed by atoms with Crippen LogP contribution in [0.1, 0.15) is 46.5 Å². The highest BCUT2D eigenvalue weighted by atomic mass is 16.5. The highest BCUT2D eigenvalue weighted by Crippen LogP contribution is 2.23. The van der Waals surface area contributed by atoms with E-state index < -0.39 is 0 Å². The molecule has 0 spiro atoms. The standard InChI is InChI=1S/C18H21N3O3/c1-2-24-18(23)15-12-19-21(13-15)16-8-10-20(11-9-16)17(22)14-6-4-3-5-7-14/h3-7,12-13,16H,2,8-11H2,1H3. The summed E-state index contributed by atoms with van der Waals surface area (Å²) in [5.41, 5.74) is 1.19. The van der Waals surface area contributed by atoms with Crippen LogP contribution in [-0.2, 0) is 4.74 Å². The van der Waals surface area contributed by atoms with E-state index in [2.05, 4.69) is 5.10 Å². The van der Waals surface area contributed by atoms with Crippen molar-refractivity contribution >= 4 is 11.9 Å². The van der Waals surface area contributed by atoms with E-state index >= 15 is 0 Å². The zero-order valence-electron chi connectivity index (χ0n) is 13.7. The molecule has 126 valence electrons. The Balaban J connectivity index is 1.59. The third-order valence-corrected chi connectivity index (χ3v) is 4.26. The molecule has 0 unspecified atom stereocenters. The van der Waals surface area contributed by atoms with Crippen molar-refractivity contribution in [1.29, 1.82) is 0 Å². The van der Waals surface area contributed by atoms with Gasteiger partial charge in [-0.1, -0.05) is 18.2 Å². The normalized spacial score (nSPS) is 15.3. The molecule has 6 nitrogen and oxygen atoms in total. The van der Waals surface area contributed by atoms with Gasteiger partial charge in [-0.15, -0.1) is 0 Å². The smallest absolute Gasteiger partial charge is 0.341 e. The minimum Gasteiger partial charge on any atom is -0.462 e. The van der Waals surface area contributed by atoms with Gasteiger partial charge in [0.1, 0.15) is 0 Å². The van der Waals surface area contributed by atoms with Gasteiger partial charge in [-0.2, -0.15) is 5.10 Å². The van der Waals surface area contributed by atoms with Gasteiger partial charge in [0.2, 0.25) is 0 Å². The largest absolute Gasteiger partial charge is 0.462 e. The van der Waals surface area contributed by atoms with Crippen molar-refractivity contribution in [2.75, 3.05) is 19.7 Å². The Bertz CT molecular complexity index is 703. The number of rotatable bonds is 4. The van der Waals surface area contributed by atoms with Crippen LogP contribution in [0.25, 0.3) is 0 Å². The first-order chi connectivity index (χ1) is 11.7. The van der Waals surface area contributed by atoms with E-state index in [1.165, 1.54) is 0 Å². The maximum Gasteiger partial charge on any atom is 0.341 e. The first kappa shape index (κ1) is 16.2. The molecule has 0 atom stereocenters. The average molecular weight is 327 g/mol. The van der Waals surface area contributed by atoms with Crippen molar-refractivity contribution in [2.24, 2.45) is 0 Å². The van der Waals surface area contributed by atoms with Crippen LogP contribution in [0.5, 0.6) is 0 Å². The number of hydrogen-bond donors (Lipinski definition) is 0. The van der Waals surface area contributed by atoms with Gasteiger partial charge in [0.05, 0.1) is 24.4 Å². The lowest BCUT2D eigenvalue weighted by Gasteiger charge is -2.32. The van der Waals surface area contributed by atoms with E-state index in [4.69, 9.17) is 4.74 Å². The van der Waals surface area contributed by atoms with Gasteiger partial charge in [0, 0.05) is 24.8 Å². The Hall–Kier alpha value is -2.63. The van der Waals surface area contributed by atoms with Gasteiger partial charge in [0.15, 0.2) is 0 Å². The molecule has 6 heteroatoms. The van der Waals surface area contributed by atoms with Gasteiger partial charge in [0.25, 0.3) is 5.91 Å². The molecular formula is C18H21N3O3. The molecule has 1 saturated heterocycles. The molecule has 24 heavy (non-hydrogen) atoms. The topological polar surface area (TPSA) is 64.4 Å². The number of aromatic nitrogens is 2. The molecule has 2 aromatic rings. The minimum atomic E-state index is -0.347. The van der Waals surface area contributed by atoms with Gasteiger partial charge >= 0.3 is 5.97 Å². The maximum atomic E-state index is 12.5. The van der Waals surface area contributed by atoms with Crippen molar-refractivity contribution in [3.05, 3.63) is 53.9 Å². The minimum absolute atomic E-state index is 0.0710. The number of nitrogens with zero attached hydrogens (tertiary/aromatic N) is 3. The van der Waals surface area contributed by atoms with Crippen LogP contribution in [-0.4, -0.2) is 46.3 Å². The molecule has 1 amide bonds. The number of benzene rings is 1. The number of carbonyl (C=O) groups is 2. The van der Waals surface area contributed by atoms with E-state index in [0.29, 0.717) is 25.3 Å². The van der Waals surface area contributed by atoms with Gasteiger partial charge in [-0.3, -0.25) is 9.48 Å². The molecule has 1 fully saturated rings. The van der Waals surface area contributed by atoms with Crippen LogP contribution in [0.4, 0.5) is 0 Å². The summed E-state index contributed by atoms with van der Waals surface area (Å²) in [6.45, 7) is 3.51. The summed E-state index contributed by atoms with van der Waals surface area (Å²) in [4.78, 5) is 26.0.